The van der Waals surface area contributed by atoms with Gasteiger partial charge in [-0.1, -0.05) is 37.5 Å². The molecule has 21 heavy (non-hydrogen) atoms. The predicted octanol–water partition coefficient (Wildman–Crippen LogP) is 4.77. The van der Waals surface area contributed by atoms with E-state index in [0.717, 1.165) is 18.1 Å². The number of aryl methyl sites for hydroxylation is 1. The number of nitrogens with one attached hydrogen (secondary N) is 1. The molecule has 1 heterocycles. The van der Waals surface area contributed by atoms with Crippen LogP contribution in [0, 0.1) is 12.8 Å². The van der Waals surface area contributed by atoms with Crippen LogP contribution in [-0.4, -0.2) is 12.6 Å². The molecule has 1 fully saturated rings. The molecule has 1 spiro atoms. The summed E-state index contributed by atoms with van der Waals surface area (Å²) in [6.45, 7) is 4.49. The van der Waals surface area contributed by atoms with E-state index >= 15 is 0 Å². The highest BCUT2D eigenvalue weighted by Gasteiger charge is 2.41. The summed E-state index contributed by atoms with van der Waals surface area (Å²) < 4.78 is 6.58. The van der Waals surface area contributed by atoms with Gasteiger partial charge in [0, 0.05) is 18.0 Å². The lowest BCUT2D eigenvalue weighted by Gasteiger charge is -2.42. The first-order valence-corrected chi connectivity index (χ1v) is 8.62. The van der Waals surface area contributed by atoms with E-state index in [1.165, 1.54) is 49.7 Å². The molecule has 2 aliphatic rings. The molecule has 0 radical (unpaired) electrons. The fraction of sp³-hybridized carbons (Fsp3) is 0.684. The van der Waals surface area contributed by atoms with Gasteiger partial charge in [0.05, 0.1) is 0 Å². The Morgan fingerprint density at radius 3 is 2.90 bits per heavy atom. The van der Waals surface area contributed by atoms with Crippen LogP contribution in [0.2, 0.25) is 0 Å². The summed E-state index contributed by atoms with van der Waals surface area (Å²) in [5.41, 5.74) is 2.74. The van der Waals surface area contributed by atoms with E-state index < -0.39 is 0 Å². The van der Waals surface area contributed by atoms with Crippen molar-refractivity contribution in [2.24, 2.45) is 5.92 Å². The molecule has 1 saturated carbocycles. The molecule has 3 atom stereocenters. The molecule has 1 aromatic rings. The van der Waals surface area contributed by atoms with Gasteiger partial charge in [0.2, 0.25) is 0 Å². The molecule has 0 aromatic heterocycles. The van der Waals surface area contributed by atoms with Gasteiger partial charge in [-0.15, -0.1) is 0 Å². The Labute approximate surface area is 129 Å². The van der Waals surface area contributed by atoms with E-state index in [2.05, 4.69) is 44.4 Å². The predicted molar refractivity (Wildman–Crippen MR) is 87.8 cm³/mol. The topological polar surface area (TPSA) is 21.3 Å². The first kappa shape index (κ1) is 14.9. The maximum atomic E-state index is 6.58. The minimum Gasteiger partial charge on any atom is -0.487 e. The molecular weight excluding hydrogens is 258 g/mol. The molecule has 1 aromatic carbocycles. The molecular formula is C19H29NO. The van der Waals surface area contributed by atoms with Crippen LogP contribution >= 0.6 is 0 Å². The molecule has 3 rings (SSSR count). The molecule has 3 unspecified atom stereocenters. The highest BCUT2D eigenvalue weighted by molar-refractivity contribution is 5.41. The van der Waals surface area contributed by atoms with Gasteiger partial charge in [-0.25, -0.2) is 0 Å². The Balaban J connectivity index is 1.87. The van der Waals surface area contributed by atoms with Gasteiger partial charge < -0.3 is 10.1 Å². The summed E-state index contributed by atoms with van der Waals surface area (Å²) in [4.78, 5) is 0. The number of rotatable bonds is 2. The largest absolute Gasteiger partial charge is 0.487 e. The highest BCUT2D eigenvalue weighted by atomic mass is 16.5. The fourth-order valence-corrected chi connectivity index (χ4v) is 4.21. The number of hydrogen-bond donors (Lipinski definition) is 1. The van der Waals surface area contributed by atoms with Crippen molar-refractivity contribution in [3.05, 3.63) is 29.3 Å². The van der Waals surface area contributed by atoms with Crippen molar-refractivity contribution in [2.45, 2.75) is 70.4 Å². The fourth-order valence-electron chi connectivity index (χ4n) is 4.21. The lowest BCUT2D eigenvalue weighted by Crippen LogP contribution is -2.43. The van der Waals surface area contributed by atoms with E-state index in [-0.39, 0.29) is 5.60 Å². The van der Waals surface area contributed by atoms with Gasteiger partial charge in [-0.05, 0) is 51.6 Å². The molecule has 2 nitrogen and oxygen atoms in total. The van der Waals surface area contributed by atoms with Gasteiger partial charge in [0.1, 0.15) is 11.4 Å². The van der Waals surface area contributed by atoms with Gasteiger partial charge in [0.15, 0.2) is 0 Å². The van der Waals surface area contributed by atoms with Gasteiger partial charge in [-0.3, -0.25) is 0 Å². The first-order chi connectivity index (χ1) is 10.2. The maximum Gasteiger partial charge on any atom is 0.124 e. The average Bonchev–Trinajstić information content (AvgIpc) is 2.69. The smallest absolute Gasteiger partial charge is 0.124 e. The number of fused-ring (bicyclic) bond motifs is 1. The van der Waals surface area contributed by atoms with Gasteiger partial charge in [-0.2, -0.15) is 0 Å². The lowest BCUT2D eigenvalue weighted by molar-refractivity contribution is 0.0162. The Kier molecular flexibility index (Phi) is 4.26. The van der Waals surface area contributed by atoms with E-state index in [1.54, 1.807) is 0 Å². The van der Waals surface area contributed by atoms with Crippen molar-refractivity contribution in [3.8, 4) is 5.75 Å². The zero-order valence-corrected chi connectivity index (χ0v) is 13.7. The van der Waals surface area contributed by atoms with E-state index in [0.29, 0.717) is 6.04 Å². The normalized spacial score (nSPS) is 32.3. The van der Waals surface area contributed by atoms with Crippen molar-refractivity contribution in [1.29, 1.82) is 0 Å². The summed E-state index contributed by atoms with van der Waals surface area (Å²) in [5.74, 6) is 2.02. The number of benzene rings is 1. The highest BCUT2D eigenvalue weighted by Crippen LogP contribution is 2.46. The third-order valence-corrected chi connectivity index (χ3v) is 5.62. The SMILES string of the molecule is CCC1CCCC2(CC1)CC(NC)c1cc(C)ccc1O2. The van der Waals surface area contributed by atoms with Crippen LogP contribution in [0.25, 0.3) is 0 Å². The maximum absolute atomic E-state index is 6.58. The standard InChI is InChI=1S/C19H29NO/c1-4-15-6-5-10-19(11-9-15)13-17(20-3)16-12-14(2)7-8-18(16)21-19/h7-8,12,15,17,20H,4-6,9-11,13H2,1-3H3. The number of hydrogen-bond acceptors (Lipinski definition) is 2. The van der Waals surface area contributed by atoms with E-state index in [9.17, 15) is 0 Å². The molecule has 0 bridgehead atoms. The van der Waals surface area contributed by atoms with Crippen molar-refractivity contribution in [2.75, 3.05) is 7.05 Å². The summed E-state index contributed by atoms with van der Waals surface area (Å²) in [6.07, 6.45) is 8.90. The minimum absolute atomic E-state index is 0.0693. The molecule has 116 valence electrons. The second-order valence-corrected chi connectivity index (χ2v) is 7.08. The molecule has 0 saturated heterocycles. The minimum atomic E-state index is 0.0693. The Hall–Kier alpha value is -1.02. The van der Waals surface area contributed by atoms with Crippen LogP contribution in [0.15, 0.2) is 18.2 Å². The molecule has 2 heteroatoms. The van der Waals surface area contributed by atoms with E-state index in [1.807, 2.05) is 0 Å². The third kappa shape index (κ3) is 2.96. The second-order valence-electron chi connectivity index (χ2n) is 7.08. The van der Waals surface area contributed by atoms with Gasteiger partial charge in [0.25, 0.3) is 0 Å². The Bertz CT molecular complexity index is 498. The quantitative estimate of drug-likeness (QED) is 0.846. The van der Waals surface area contributed by atoms with Gasteiger partial charge >= 0.3 is 0 Å². The molecule has 0 amide bonds. The van der Waals surface area contributed by atoms with Crippen LogP contribution in [-0.2, 0) is 0 Å². The van der Waals surface area contributed by atoms with Crippen molar-refractivity contribution in [3.63, 3.8) is 0 Å². The van der Waals surface area contributed by atoms with Crippen molar-refractivity contribution in [1.82, 2.24) is 5.32 Å². The Morgan fingerprint density at radius 1 is 1.29 bits per heavy atom. The summed E-state index contributed by atoms with van der Waals surface area (Å²) in [7, 11) is 2.08. The lowest BCUT2D eigenvalue weighted by atomic mass is 9.81. The molecule has 1 aliphatic carbocycles. The van der Waals surface area contributed by atoms with Crippen molar-refractivity contribution >= 4 is 0 Å². The zero-order valence-electron chi connectivity index (χ0n) is 13.7. The zero-order chi connectivity index (χ0) is 14.9. The molecule has 1 aliphatic heterocycles. The van der Waals surface area contributed by atoms with Crippen LogP contribution in [0.4, 0.5) is 0 Å². The van der Waals surface area contributed by atoms with Crippen LogP contribution in [0.3, 0.4) is 0 Å². The van der Waals surface area contributed by atoms with E-state index in [4.69, 9.17) is 4.74 Å². The summed E-state index contributed by atoms with van der Waals surface area (Å²) in [6, 6.07) is 7.08. The number of ether oxygens (including phenoxy) is 1. The molecule has 1 N–H and O–H groups in total. The monoisotopic (exact) mass is 287 g/mol. The third-order valence-electron chi connectivity index (χ3n) is 5.62. The van der Waals surface area contributed by atoms with Crippen LogP contribution in [0.5, 0.6) is 5.75 Å². The van der Waals surface area contributed by atoms with Crippen LogP contribution < -0.4 is 10.1 Å². The first-order valence-electron chi connectivity index (χ1n) is 8.62. The second kappa shape index (κ2) is 6.00. The average molecular weight is 287 g/mol. The Morgan fingerprint density at radius 2 is 2.14 bits per heavy atom. The van der Waals surface area contributed by atoms with Crippen LogP contribution in [0.1, 0.15) is 69.0 Å². The summed E-state index contributed by atoms with van der Waals surface area (Å²) >= 11 is 0. The summed E-state index contributed by atoms with van der Waals surface area (Å²) in [5, 5.41) is 3.52. The van der Waals surface area contributed by atoms with Crippen molar-refractivity contribution < 1.29 is 4.74 Å².